The summed E-state index contributed by atoms with van der Waals surface area (Å²) < 4.78 is 100. The van der Waals surface area contributed by atoms with Crippen molar-refractivity contribution in [3.63, 3.8) is 0 Å². The molecular formula is C9H10F8OS. The van der Waals surface area contributed by atoms with Crippen molar-refractivity contribution in [1.29, 1.82) is 0 Å². The Labute approximate surface area is 107 Å². The Morgan fingerprint density at radius 1 is 1.05 bits per heavy atom. The van der Waals surface area contributed by atoms with Gasteiger partial charge in [-0.05, 0) is 0 Å². The van der Waals surface area contributed by atoms with E-state index in [4.69, 9.17) is 0 Å². The van der Waals surface area contributed by atoms with Gasteiger partial charge in [-0.25, -0.2) is 17.6 Å². The molecule has 0 amide bonds. The average Bonchev–Trinajstić information content (AvgIpc) is 2.14. The maximum atomic E-state index is 13.0. The first kappa shape index (κ1) is 18.5. The highest BCUT2D eigenvalue weighted by molar-refractivity contribution is 8.13. The van der Waals surface area contributed by atoms with Gasteiger partial charge in [-0.1, -0.05) is 11.8 Å². The topological polar surface area (TPSA) is 17.1 Å². The third kappa shape index (κ3) is 5.53. The molecule has 19 heavy (non-hydrogen) atoms. The predicted molar refractivity (Wildman–Crippen MR) is 53.2 cm³/mol. The summed E-state index contributed by atoms with van der Waals surface area (Å²) in [5.41, 5.74) is 0. The van der Waals surface area contributed by atoms with Crippen LogP contribution >= 0.6 is 11.8 Å². The Hall–Kier alpha value is -0.540. The first-order valence-electron chi connectivity index (χ1n) is 4.87. The highest BCUT2D eigenvalue weighted by atomic mass is 32.2. The van der Waals surface area contributed by atoms with Crippen molar-refractivity contribution in [2.24, 2.45) is 0 Å². The maximum absolute atomic E-state index is 13.0. The van der Waals surface area contributed by atoms with E-state index in [1.165, 1.54) is 0 Å². The molecule has 0 N–H and O–H groups in total. The molecule has 0 atom stereocenters. The van der Waals surface area contributed by atoms with Gasteiger partial charge in [0.1, 0.15) is 0 Å². The lowest BCUT2D eigenvalue weighted by atomic mass is 10.0. The van der Waals surface area contributed by atoms with E-state index >= 15 is 0 Å². The molecule has 0 aromatic rings. The molecule has 0 spiro atoms. The second-order valence-electron chi connectivity index (χ2n) is 3.74. The Balaban J connectivity index is 4.72. The monoisotopic (exact) mass is 318 g/mol. The van der Waals surface area contributed by atoms with Crippen LogP contribution in [0.5, 0.6) is 0 Å². The molecule has 0 bridgehead atoms. The summed E-state index contributed by atoms with van der Waals surface area (Å²) >= 11 is 0.311. The van der Waals surface area contributed by atoms with Gasteiger partial charge in [0.25, 0.3) is 0 Å². The van der Waals surface area contributed by atoms with Crippen LogP contribution in [0, 0.1) is 0 Å². The number of carbonyl (C=O) groups excluding carboxylic acids is 1. The van der Waals surface area contributed by atoms with E-state index in [-0.39, 0.29) is 0 Å². The molecule has 114 valence electrons. The van der Waals surface area contributed by atoms with Crippen LogP contribution in [-0.4, -0.2) is 35.1 Å². The van der Waals surface area contributed by atoms with Gasteiger partial charge in [-0.15, -0.1) is 0 Å². The first-order chi connectivity index (χ1) is 8.32. The number of alkyl halides is 8. The lowest BCUT2D eigenvalue weighted by Crippen LogP contribution is -2.47. The van der Waals surface area contributed by atoms with E-state index in [1.807, 2.05) is 0 Å². The molecule has 0 aliphatic heterocycles. The standard InChI is InChI=1S/C9H10F8OS/c1-5(18)19-3-2-8(14,15)9(16,17)4-7(12,13)6(10)11/h6H,2-4H2,1H3. The maximum Gasteiger partial charge on any atom is 0.316 e. The number of thioether (sulfide) groups is 1. The predicted octanol–water partition coefficient (Wildman–Crippen LogP) is 4.22. The molecule has 0 fully saturated rings. The third-order valence-corrected chi connectivity index (χ3v) is 2.85. The summed E-state index contributed by atoms with van der Waals surface area (Å²) in [7, 11) is 0. The van der Waals surface area contributed by atoms with Crippen LogP contribution in [-0.2, 0) is 4.79 Å². The first-order valence-corrected chi connectivity index (χ1v) is 5.85. The SMILES string of the molecule is CC(=O)SCCC(F)(F)C(F)(F)CC(F)(F)C(F)F. The zero-order chi connectivity index (χ0) is 15.5. The van der Waals surface area contributed by atoms with Crippen LogP contribution in [0.15, 0.2) is 0 Å². The molecule has 0 radical (unpaired) electrons. The van der Waals surface area contributed by atoms with Gasteiger partial charge >= 0.3 is 24.2 Å². The lowest BCUT2D eigenvalue weighted by Gasteiger charge is -2.29. The number of halogens is 8. The normalized spacial score (nSPS) is 14.0. The number of carbonyl (C=O) groups is 1. The smallest absolute Gasteiger partial charge is 0.288 e. The second kappa shape index (κ2) is 6.27. The van der Waals surface area contributed by atoms with Crippen molar-refractivity contribution in [2.75, 3.05) is 5.75 Å². The quantitative estimate of drug-likeness (QED) is 0.654. The fourth-order valence-electron chi connectivity index (χ4n) is 1.01. The number of hydrogen-bond acceptors (Lipinski definition) is 2. The second-order valence-corrected chi connectivity index (χ2v) is 5.01. The fraction of sp³-hybridized carbons (Fsp3) is 0.889. The number of rotatable bonds is 7. The molecular weight excluding hydrogens is 308 g/mol. The van der Waals surface area contributed by atoms with Crippen molar-refractivity contribution in [3.8, 4) is 0 Å². The Morgan fingerprint density at radius 3 is 1.89 bits per heavy atom. The van der Waals surface area contributed by atoms with Crippen molar-refractivity contribution in [1.82, 2.24) is 0 Å². The average molecular weight is 318 g/mol. The molecule has 0 aromatic heterocycles. The van der Waals surface area contributed by atoms with Gasteiger partial charge in [0.05, 0.1) is 6.42 Å². The van der Waals surface area contributed by atoms with Crippen molar-refractivity contribution in [2.45, 2.75) is 44.0 Å². The molecule has 0 saturated carbocycles. The lowest BCUT2D eigenvalue weighted by molar-refractivity contribution is -0.256. The van der Waals surface area contributed by atoms with Crippen LogP contribution in [0.4, 0.5) is 35.1 Å². The van der Waals surface area contributed by atoms with Crippen molar-refractivity contribution in [3.05, 3.63) is 0 Å². The van der Waals surface area contributed by atoms with Gasteiger partial charge in [-0.3, -0.25) is 4.79 Å². The van der Waals surface area contributed by atoms with Crippen LogP contribution in [0.2, 0.25) is 0 Å². The molecule has 0 unspecified atom stereocenters. The summed E-state index contributed by atoms with van der Waals surface area (Å²) in [5.74, 6) is -16.1. The van der Waals surface area contributed by atoms with Crippen molar-refractivity contribution < 1.29 is 39.9 Å². The fourth-order valence-corrected chi connectivity index (χ4v) is 1.65. The summed E-state index contributed by atoms with van der Waals surface area (Å²) in [6, 6.07) is 0. The highest BCUT2D eigenvalue weighted by Gasteiger charge is 2.62. The molecule has 0 heterocycles. The third-order valence-electron chi connectivity index (χ3n) is 2.03. The summed E-state index contributed by atoms with van der Waals surface area (Å²) in [6.07, 6.45) is -8.97. The molecule has 0 rings (SSSR count). The molecule has 0 saturated heterocycles. The largest absolute Gasteiger partial charge is 0.316 e. The summed E-state index contributed by atoms with van der Waals surface area (Å²) in [4.78, 5) is 10.4. The highest BCUT2D eigenvalue weighted by Crippen LogP contribution is 2.45. The van der Waals surface area contributed by atoms with Gasteiger partial charge < -0.3 is 0 Å². The number of hydrogen-bond donors (Lipinski definition) is 0. The van der Waals surface area contributed by atoms with Crippen LogP contribution < -0.4 is 0 Å². The van der Waals surface area contributed by atoms with Gasteiger partial charge in [0, 0.05) is 19.1 Å². The van der Waals surface area contributed by atoms with Crippen molar-refractivity contribution >= 4 is 16.9 Å². The van der Waals surface area contributed by atoms with Crippen LogP contribution in [0.3, 0.4) is 0 Å². The minimum Gasteiger partial charge on any atom is -0.288 e. The van der Waals surface area contributed by atoms with E-state index in [2.05, 4.69) is 0 Å². The van der Waals surface area contributed by atoms with E-state index in [9.17, 15) is 39.9 Å². The summed E-state index contributed by atoms with van der Waals surface area (Å²) in [5, 5.41) is -0.614. The van der Waals surface area contributed by atoms with E-state index in [1.54, 1.807) is 0 Å². The summed E-state index contributed by atoms with van der Waals surface area (Å²) in [6.45, 7) is 1.01. The molecule has 0 aromatic carbocycles. The minimum atomic E-state index is -5.29. The Kier molecular flexibility index (Phi) is 6.10. The van der Waals surface area contributed by atoms with Crippen LogP contribution in [0.1, 0.15) is 19.8 Å². The molecule has 1 nitrogen and oxygen atoms in total. The van der Waals surface area contributed by atoms with Gasteiger partial charge in [-0.2, -0.15) is 17.6 Å². The van der Waals surface area contributed by atoms with E-state index in [0.717, 1.165) is 6.92 Å². The molecule has 0 aliphatic rings. The molecule has 10 heteroatoms. The Morgan fingerprint density at radius 2 is 1.53 bits per heavy atom. The van der Waals surface area contributed by atoms with Gasteiger partial charge in [0.15, 0.2) is 5.12 Å². The zero-order valence-corrected chi connectivity index (χ0v) is 10.4. The minimum absolute atomic E-state index is 0.311. The van der Waals surface area contributed by atoms with Crippen LogP contribution in [0.25, 0.3) is 0 Å². The van der Waals surface area contributed by atoms with E-state index < -0.39 is 47.9 Å². The molecule has 0 aliphatic carbocycles. The van der Waals surface area contributed by atoms with Gasteiger partial charge in [0.2, 0.25) is 0 Å². The van der Waals surface area contributed by atoms with E-state index in [0.29, 0.717) is 11.8 Å². The zero-order valence-electron chi connectivity index (χ0n) is 9.54. The Bertz CT molecular complexity index is 317.